The molecule has 0 aliphatic carbocycles. The third-order valence-corrected chi connectivity index (χ3v) is 8.83. The Morgan fingerprint density at radius 2 is 1.74 bits per heavy atom. The molecule has 0 unspecified atom stereocenters. The largest absolute Gasteiger partial charge is 0.393 e. The summed E-state index contributed by atoms with van der Waals surface area (Å²) in [5.74, 6) is 0.142. The number of rotatable bonds is 9. The third kappa shape index (κ3) is 8.08. The van der Waals surface area contributed by atoms with Gasteiger partial charge in [-0.15, -0.1) is 0 Å². The van der Waals surface area contributed by atoms with Gasteiger partial charge in [-0.1, -0.05) is 42.5 Å². The van der Waals surface area contributed by atoms with E-state index in [-0.39, 0.29) is 22.9 Å². The van der Waals surface area contributed by atoms with Crippen molar-refractivity contribution in [2.45, 2.75) is 50.7 Å². The number of alkyl halides is 3. The van der Waals surface area contributed by atoms with E-state index in [0.29, 0.717) is 40.9 Å². The molecule has 4 aromatic rings. The summed E-state index contributed by atoms with van der Waals surface area (Å²) >= 11 is 0. The number of aromatic nitrogens is 3. The van der Waals surface area contributed by atoms with Gasteiger partial charge in [0.15, 0.2) is 0 Å². The molecule has 7 nitrogen and oxygen atoms in total. The van der Waals surface area contributed by atoms with Crippen LogP contribution in [0.25, 0.3) is 22.0 Å². The average Bonchev–Trinajstić information content (AvgIpc) is 3.46. The lowest BCUT2D eigenvalue weighted by Crippen LogP contribution is -2.46. The zero-order valence-electron chi connectivity index (χ0n) is 26.1. The Bertz CT molecular complexity index is 1730. The molecule has 2 aromatic carbocycles. The first-order chi connectivity index (χ1) is 22.7. The van der Waals surface area contributed by atoms with Gasteiger partial charge in [0.1, 0.15) is 5.82 Å². The first-order valence-electron chi connectivity index (χ1n) is 16.1. The minimum Gasteiger partial charge on any atom is -0.355 e. The van der Waals surface area contributed by atoms with E-state index < -0.39 is 18.5 Å². The first kappa shape index (κ1) is 32.4. The number of likely N-dealkylation sites (tertiary alicyclic amines) is 1. The van der Waals surface area contributed by atoms with E-state index in [1.807, 2.05) is 17.0 Å². The van der Waals surface area contributed by atoms with Gasteiger partial charge in [0.05, 0.1) is 17.3 Å². The summed E-state index contributed by atoms with van der Waals surface area (Å²) in [6.07, 6.45) is 4.72. The molecule has 11 heteroatoms. The van der Waals surface area contributed by atoms with E-state index in [9.17, 15) is 22.4 Å². The van der Waals surface area contributed by atoms with Gasteiger partial charge in [0.2, 0.25) is 11.9 Å². The summed E-state index contributed by atoms with van der Waals surface area (Å²) in [7, 11) is 0. The van der Waals surface area contributed by atoms with E-state index in [0.717, 1.165) is 51.1 Å². The van der Waals surface area contributed by atoms with Crippen LogP contribution in [0.4, 0.5) is 23.4 Å². The van der Waals surface area contributed by atoms with Gasteiger partial charge in [0, 0.05) is 56.6 Å². The third-order valence-electron chi connectivity index (χ3n) is 8.83. The topological polar surface area (TPSA) is 77.1 Å². The van der Waals surface area contributed by atoms with E-state index >= 15 is 0 Å². The lowest BCUT2D eigenvalue weighted by molar-refractivity contribution is -0.127. The number of H-pyrrole nitrogens is 1. The minimum absolute atomic E-state index is 0.0648. The fourth-order valence-electron chi connectivity index (χ4n) is 6.51. The Labute approximate surface area is 271 Å². The lowest BCUT2D eigenvalue weighted by atomic mass is 9.88. The number of hydrogen-bond acceptors (Lipinski definition) is 5. The molecule has 2 fully saturated rings. The quantitative estimate of drug-likeness (QED) is 0.115. The van der Waals surface area contributed by atoms with Gasteiger partial charge in [-0.3, -0.25) is 9.89 Å². The van der Waals surface area contributed by atoms with E-state index in [1.165, 1.54) is 12.5 Å². The number of anilines is 1. The maximum absolute atomic E-state index is 14.5. The summed E-state index contributed by atoms with van der Waals surface area (Å²) in [6, 6.07) is 17.1. The van der Waals surface area contributed by atoms with Crippen molar-refractivity contribution in [1.29, 1.82) is 0 Å². The number of carbonyl (C=O) groups excluding carboxylic acids is 1. The number of nitrogens with zero attached hydrogens (tertiary/aromatic N) is 4. The number of hydrogen-bond donors (Lipinski definition) is 2. The molecule has 2 saturated heterocycles. The van der Waals surface area contributed by atoms with Crippen LogP contribution in [0, 0.1) is 5.95 Å². The second-order valence-electron chi connectivity index (χ2n) is 12.2. The van der Waals surface area contributed by atoms with E-state index in [1.54, 1.807) is 60.8 Å². The van der Waals surface area contributed by atoms with Crippen LogP contribution in [-0.4, -0.2) is 70.9 Å². The zero-order chi connectivity index (χ0) is 32.8. The van der Waals surface area contributed by atoms with Crippen LogP contribution in [0.3, 0.4) is 0 Å². The highest BCUT2D eigenvalue weighted by atomic mass is 19.4. The van der Waals surface area contributed by atoms with Crippen LogP contribution in [0.15, 0.2) is 79.0 Å². The van der Waals surface area contributed by atoms with Gasteiger partial charge in [-0.05, 0) is 78.6 Å². The number of piperidine rings is 2. The average molecular weight is 647 g/mol. The molecule has 1 atom stereocenters. The van der Waals surface area contributed by atoms with Gasteiger partial charge in [0.25, 0.3) is 0 Å². The summed E-state index contributed by atoms with van der Waals surface area (Å²) in [5.41, 5.74) is 2.14. The van der Waals surface area contributed by atoms with Crippen molar-refractivity contribution in [1.82, 2.24) is 25.4 Å². The van der Waals surface area contributed by atoms with Crippen LogP contribution >= 0.6 is 0 Å². The van der Waals surface area contributed by atoms with Crippen molar-refractivity contribution in [3.63, 3.8) is 0 Å². The number of benzene rings is 2. The standard InChI is InChI=1S/C36H38F4N6O/c37-35-29-21-26(13-15-31(29)43-44-35)34(30(22-36(38,39)40)25-9-3-1-4-10-25)27-14-16-32(42-23-27)46-20-8-11-28(24-46)41-17-7-12-33(47)45-18-5-2-6-19-45/h1,3-4,7,9-10,12-16,21,23,28,41H,2,5-6,8,11,17-20,22,24H2,(H,43,44)/b12-7+,34-30-/t28-/m0/s1. The lowest BCUT2D eigenvalue weighted by Gasteiger charge is -2.34. The maximum Gasteiger partial charge on any atom is 0.393 e. The van der Waals surface area contributed by atoms with Crippen LogP contribution in [0.1, 0.15) is 55.2 Å². The number of amides is 1. The monoisotopic (exact) mass is 646 g/mol. The summed E-state index contributed by atoms with van der Waals surface area (Å²) in [6.45, 7) is 3.75. The molecular weight excluding hydrogens is 608 g/mol. The van der Waals surface area contributed by atoms with Crippen molar-refractivity contribution >= 4 is 33.8 Å². The fourth-order valence-corrected chi connectivity index (χ4v) is 6.51. The maximum atomic E-state index is 14.5. The Morgan fingerprint density at radius 3 is 2.49 bits per heavy atom. The predicted molar refractivity (Wildman–Crippen MR) is 176 cm³/mol. The van der Waals surface area contributed by atoms with Gasteiger partial charge < -0.3 is 15.1 Å². The van der Waals surface area contributed by atoms with E-state index in [2.05, 4.69) is 20.4 Å². The molecule has 6 rings (SSSR count). The second kappa shape index (κ2) is 14.5. The van der Waals surface area contributed by atoms with Crippen molar-refractivity contribution in [3.8, 4) is 0 Å². The van der Waals surface area contributed by atoms with Gasteiger partial charge >= 0.3 is 6.18 Å². The van der Waals surface area contributed by atoms with Crippen LogP contribution < -0.4 is 10.2 Å². The highest BCUT2D eigenvalue weighted by Crippen LogP contribution is 2.40. The molecule has 0 spiro atoms. The van der Waals surface area contributed by atoms with Crippen LogP contribution in [0.2, 0.25) is 0 Å². The molecule has 2 aliphatic heterocycles. The molecule has 1 amide bonds. The van der Waals surface area contributed by atoms with Crippen molar-refractivity contribution in [3.05, 3.63) is 102 Å². The smallest absolute Gasteiger partial charge is 0.355 e. The van der Waals surface area contributed by atoms with Crippen molar-refractivity contribution < 1.29 is 22.4 Å². The van der Waals surface area contributed by atoms with E-state index in [4.69, 9.17) is 4.98 Å². The molecule has 0 bridgehead atoms. The molecule has 0 radical (unpaired) electrons. The number of allylic oxidation sites excluding steroid dienone is 1. The number of nitrogens with one attached hydrogen (secondary N) is 2. The summed E-state index contributed by atoms with van der Waals surface area (Å²) in [4.78, 5) is 21.2. The molecule has 2 aromatic heterocycles. The summed E-state index contributed by atoms with van der Waals surface area (Å²) < 4.78 is 56.7. The van der Waals surface area contributed by atoms with Crippen LogP contribution in [-0.2, 0) is 4.79 Å². The Hall–Kier alpha value is -4.51. The molecule has 246 valence electrons. The zero-order valence-corrected chi connectivity index (χ0v) is 26.1. The number of halogens is 4. The molecular formula is C36H38F4N6O. The normalized spacial score (nSPS) is 18.2. The summed E-state index contributed by atoms with van der Waals surface area (Å²) in [5, 5.41) is 9.96. The predicted octanol–water partition coefficient (Wildman–Crippen LogP) is 7.14. The SMILES string of the molecule is O=C(/C=C/CN[C@H]1CCCN(c2ccc(/C(=C(/CC(F)(F)F)c3ccccc3)c3ccc4n[nH]c(F)c4c3)cn2)C1)N1CCCCC1. The Morgan fingerprint density at radius 1 is 0.957 bits per heavy atom. The van der Waals surface area contributed by atoms with Gasteiger partial charge in [-0.2, -0.15) is 22.7 Å². The highest BCUT2D eigenvalue weighted by molar-refractivity contribution is 6.00. The number of carbonyl (C=O) groups is 1. The van der Waals surface area contributed by atoms with Crippen molar-refractivity contribution in [2.75, 3.05) is 37.6 Å². The van der Waals surface area contributed by atoms with Crippen molar-refractivity contribution in [2.24, 2.45) is 0 Å². The molecule has 0 saturated carbocycles. The number of fused-ring (bicyclic) bond motifs is 1. The molecule has 47 heavy (non-hydrogen) atoms. The Balaban J connectivity index is 1.24. The number of aromatic amines is 1. The fraction of sp³-hybridized carbons (Fsp3) is 0.361. The first-order valence-corrected chi connectivity index (χ1v) is 16.1. The second-order valence-corrected chi connectivity index (χ2v) is 12.2. The van der Waals surface area contributed by atoms with Gasteiger partial charge in [-0.25, -0.2) is 4.98 Å². The van der Waals surface area contributed by atoms with Crippen LogP contribution in [0.5, 0.6) is 0 Å². The molecule has 2 aliphatic rings. The molecule has 4 heterocycles. The highest BCUT2D eigenvalue weighted by Gasteiger charge is 2.32. The number of pyridine rings is 1. The molecule has 2 N–H and O–H groups in total. The minimum atomic E-state index is -4.49. The Kier molecular flexibility index (Phi) is 10.0.